The Morgan fingerprint density at radius 3 is 2.52 bits per heavy atom. The van der Waals surface area contributed by atoms with Gasteiger partial charge in [-0.2, -0.15) is 0 Å². The summed E-state index contributed by atoms with van der Waals surface area (Å²) in [4.78, 5) is 20.8. The smallest absolute Gasteiger partial charge is 0.390 e. The maximum absolute atomic E-state index is 12.2. The van der Waals surface area contributed by atoms with Crippen molar-refractivity contribution in [2.75, 3.05) is 6.61 Å². The number of nitrogens with zero attached hydrogens (tertiary/aromatic N) is 2. The van der Waals surface area contributed by atoms with E-state index in [1.807, 2.05) is 24.3 Å². The summed E-state index contributed by atoms with van der Waals surface area (Å²) in [5.74, 6) is -2.68. The predicted molar refractivity (Wildman–Crippen MR) is 96.6 cm³/mol. The lowest BCUT2D eigenvalue weighted by atomic mass is 10.1. The van der Waals surface area contributed by atoms with Gasteiger partial charge in [0.15, 0.2) is 0 Å². The van der Waals surface area contributed by atoms with Crippen LogP contribution in [0.4, 0.5) is 0 Å². The van der Waals surface area contributed by atoms with E-state index in [-0.39, 0.29) is 18.4 Å². The molecule has 4 rings (SSSR count). The third-order valence-corrected chi connectivity index (χ3v) is 4.25. The Hall–Kier alpha value is -3.19. The lowest BCUT2D eigenvalue weighted by Crippen LogP contribution is -2.50. The number of carbonyl (C=O) groups is 1. The van der Waals surface area contributed by atoms with Crippen LogP contribution in [0.1, 0.15) is 12.8 Å². The SMILES string of the molecule is O=C(O)C(CCC1CO1)(Oc1ccccc1)Oc1cnc2ccccc2n1. The topological polar surface area (TPSA) is 94.1 Å². The normalized spacial score (nSPS) is 17.9. The molecule has 1 aromatic heterocycles. The second-order valence-corrected chi connectivity index (χ2v) is 6.27. The number of ether oxygens (including phenoxy) is 3. The number of para-hydroxylation sites is 3. The maximum Gasteiger partial charge on any atom is 0.390 e. The van der Waals surface area contributed by atoms with Gasteiger partial charge in [-0.1, -0.05) is 30.3 Å². The highest BCUT2D eigenvalue weighted by Crippen LogP contribution is 2.30. The summed E-state index contributed by atoms with van der Waals surface area (Å²) in [6, 6.07) is 16.0. The number of hydrogen-bond donors (Lipinski definition) is 1. The molecule has 2 atom stereocenters. The Bertz CT molecular complexity index is 945. The fourth-order valence-corrected chi connectivity index (χ4v) is 2.74. The van der Waals surface area contributed by atoms with Gasteiger partial charge < -0.3 is 19.3 Å². The first-order chi connectivity index (χ1) is 13.1. The van der Waals surface area contributed by atoms with E-state index in [1.54, 1.807) is 30.3 Å². The van der Waals surface area contributed by atoms with E-state index in [4.69, 9.17) is 14.2 Å². The number of benzene rings is 2. The molecule has 3 aromatic rings. The Labute approximate surface area is 155 Å². The van der Waals surface area contributed by atoms with Crippen molar-refractivity contribution in [3.05, 3.63) is 60.8 Å². The Morgan fingerprint density at radius 1 is 1.11 bits per heavy atom. The van der Waals surface area contributed by atoms with E-state index in [1.165, 1.54) is 6.20 Å². The summed E-state index contributed by atoms with van der Waals surface area (Å²) >= 11 is 0. The van der Waals surface area contributed by atoms with Gasteiger partial charge in [0.25, 0.3) is 0 Å². The molecular weight excluding hydrogens is 348 g/mol. The van der Waals surface area contributed by atoms with E-state index in [0.29, 0.717) is 29.8 Å². The molecule has 1 saturated heterocycles. The summed E-state index contributed by atoms with van der Waals surface area (Å²) in [6.07, 6.45) is 2.05. The Kier molecular flexibility index (Phi) is 4.60. The fourth-order valence-electron chi connectivity index (χ4n) is 2.74. The average molecular weight is 366 g/mol. The van der Waals surface area contributed by atoms with E-state index in [2.05, 4.69) is 9.97 Å². The number of epoxide rings is 1. The molecule has 7 heteroatoms. The van der Waals surface area contributed by atoms with Crippen LogP contribution >= 0.6 is 0 Å². The Morgan fingerprint density at radius 2 is 1.81 bits per heavy atom. The molecule has 0 amide bonds. The minimum absolute atomic E-state index is 0.0365. The molecule has 2 aromatic carbocycles. The third kappa shape index (κ3) is 3.98. The van der Waals surface area contributed by atoms with Crippen molar-refractivity contribution in [3.8, 4) is 11.6 Å². The van der Waals surface area contributed by atoms with Crippen LogP contribution in [0, 0.1) is 0 Å². The van der Waals surface area contributed by atoms with Crippen LogP contribution in [0.25, 0.3) is 11.0 Å². The quantitative estimate of drug-likeness (QED) is 0.484. The predicted octanol–water partition coefficient (Wildman–Crippen LogP) is 3.05. The molecule has 1 fully saturated rings. The first kappa shape index (κ1) is 17.2. The molecule has 0 saturated carbocycles. The lowest BCUT2D eigenvalue weighted by Gasteiger charge is -2.30. The number of carboxylic acid groups (broad SMARTS) is 1. The van der Waals surface area contributed by atoms with E-state index < -0.39 is 11.8 Å². The van der Waals surface area contributed by atoms with Crippen LogP contribution in [0.15, 0.2) is 60.8 Å². The summed E-state index contributed by atoms with van der Waals surface area (Å²) in [6.45, 7) is 0.622. The van der Waals surface area contributed by atoms with Crippen molar-refractivity contribution in [2.45, 2.75) is 24.7 Å². The molecule has 138 valence electrons. The van der Waals surface area contributed by atoms with Gasteiger partial charge in [0.1, 0.15) is 5.75 Å². The molecule has 0 radical (unpaired) electrons. The molecule has 1 aliphatic rings. The fraction of sp³-hybridized carbons (Fsp3) is 0.250. The van der Waals surface area contributed by atoms with Crippen LogP contribution in [0.3, 0.4) is 0 Å². The molecule has 1 N–H and O–H groups in total. The molecular formula is C20H18N2O5. The van der Waals surface area contributed by atoms with Gasteiger partial charge >= 0.3 is 11.8 Å². The van der Waals surface area contributed by atoms with E-state index in [9.17, 15) is 9.90 Å². The van der Waals surface area contributed by atoms with Crippen molar-refractivity contribution in [2.24, 2.45) is 0 Å². The van der Waals surface area contributed by atoms with Crippen molar-refractivity contribution in [1.82, 2.24) is 9.97 Å². The summed E-state index contributed by atoms with van der Waals surface area (Å²) in [5.41, 5.74) is 1.31. The van der Waals surface area contributed by atoms with Crippen LogP contribution in [-0.2, 0) is 9.53 Å². The number of aliphatic carboxylic acids is 1. The van der Waals surface area contributed by atoms with Gasteiger partial charge in [-0.15, -0.1) is 0 Å². The zero-order chi connectivity index (χ0) is 18.7. The van der Waals surface area contributed by atoms with Crippen molar-refractivity contribution in [3.63, 3.8) is 0 Å². The number of carboxylic acids is 1. The third-order valence-electron chi connectivity index (χ3n) is 4.25. The molecule has 1 aliphatic heterocycles. The zero-order valence-corrected chi connectivity index (χ0v) is 14.4. The molecule has 0 spiro atoms. The second kappa shape index (κ2) is 7.20. The highest BCUT2D eigenvalue weighted by Gasteiger charge is 2.46. The highest BCUT2D eigenvalue weighted by molar-refractivity contribution is 5.77. The zero-order valence-electron chi connectivity index (χ0n) is 14.4. The molecule has 0 bridgehead atoms. The van der Waals surface area contributed by atoms with Crippen LogP contribution in [0.5, 0.6) is 11.6 Å². The van der Waals surface area contributed by atoms with Crippen LogP contribution in [-0.4, -0.2) is 39.5 Å². The first-order valence-corrected chi connectivity index (χ1v) is 8.64. The second-order valence-electron chi connectivity index (χ2n) is 6.27. The Balaban J connectivity index is 1.66. The van der Waals surface area contributed by atoms with Gasteiger partial charge in [0, 0.05) is 6.42 Å². The largest absolute Gasteiger partial charge is 0.475 e. The average Bonchev–Trinajstić information content (AvgIpc) is 3.51. The van der Waals surface area contributed by atoms with Gasteiger partial charge in [-0.25, -0.2) is 14.8 Å². The molecule has 27 heavy (non-hydrogen) atoms. The summed E-state index contributed by atoms with van der Waals surface area (Å²) in [5, 5.41) is 9.95. The maximum atomic E-state index is 12.2. The van der Waals surface area contributed by atoms with Crippen LogP contribution in [0.2, 0.25) is 0 Å². The summed E-state index contributed by atoms with van der Waals surface area (Å²) in [7, 11) is 0. The molecule has 2 unspecified atom stereocenters. The molecule has 7 nitrogen and oxygen atoms in total. The number of rotatable bonds is 8. The minimum Gasteiger partial charge on any atom is -0.475 e. The van der Waals surface area contributed by atoms with Crippen molar-refractivity contribution < 1.29 is 24.1 Å². The van der Waals surface area contributed by atoms with Gasteiger partial charge in [-0.3, -0.25) is 0 Å². The molecule has 2 heterocycles. The van der Waals surface area contributed by atoms with Gasteiger partial charge in [-0.05, 0) is 30.7 Å². The number of hydrogen-bond acceptors (Lipinski definition) is 6. The van der Waals surface area contributed by atoms with E-state index in [0.717, 1.165) is 0 Å². The van der Waals surface area contributed by atoms with Crippen LogP contribution < -0.4 is 9.47 Å². The van der Waals surface area contributed by atoms with Gasteiger partial charge in [0.05, 0.1) is 29.9 Å². The van der Waals surface area contributed by atoms with E-state index >= 15 is 0 Å². The van der Waals surface area contributed by atoms with Crippen molar-refractivity contribution >= 4 is 17.0 Å². The monoisotopic (exact) mass is 366 g/mol. The highest BCUT2D eigenvalue weighted by atomic mass is 16.7. The standard InChI is InChI=1S/C20H18N2O5/c23-19(24)20(11-10-15-13-25-15,26-14-6-2-1-3-7-14)27-18-12-21-16-8-4-5-9-17(16)22-18/h1-9,12,15H,10-11,13H2,(H,23,24). The summed E-state index contributed by atoms with van der Waals surface area (Å²) < 4.78 is 16.8. The lowest BCUT2D eigenvalue weighted by molar-refractivity contribution is -0.188. The molecule has 0 aliphatic carbocycles. The van der Waals surface area contributed by atoms with Gasteiger partial charge in [0.2, 0.25) is 5.88 Å². The van der Waals surface area contributed by atoms with Crippen molar-refractivity contribution in [1.29, 1.82) is 0 Å². The minimum atomic E-state index is -1.93. The number of fused-ring (bicyclic) bond motifs is 1. The number of aromatic nitrogens is 2. The first-order valence-electron chi connectivity index (χ1n) is 8.64.